The fourth-order valence-corrected chi connectivity index (χ4v) is 2.39. The second-order valence-corrected chi connectivity index (χ2v) is 5.61. The van der Waals surface area contributed by atoms with Crippen LogP contribution >= 0.6 is 0 Å². The summed E-state index contributed by atoms with van der Waals surface area (Å²) in [5.41, 5.74) is 3.58. The SMILES string of the molecule is COc1cccc(CC(=O)OCC(=O)Nc2cc(C)cc(C)c2)c1. The number of benzene rings is 2. The van der Waals surface area contributed by atoms with Gasteiger partial charge in [-0.2, -0.15) is 0 Å². The lowest BCUT2D eigenvalue weighted by atomic mass is 10.1. The highest BCUT2D eigenvalue weighted by molar-refractivity contribution is 5.93. The van der Waals surface area contributed by atoms with E-state index in [-0.39, 0.29) is 18.9 Å². The molecule has 0 fully saturated rings. The third-order valence-electron chi connectivity index (χ3n) is 3.35. The van der Waals surface area contributed by atoms with E-state index in [9.17, 15) is 9.59 Å². The van der Waals surface area contributed by atoms with Crippen molar-refractivity contribution in [1.29, 1.82) is 0 Å². The van der Waals surface area contributed by atoms with Crippen molar-refractivity contribution in [2.24, 2.45) is 0 Å². The number of hydrogen-bond acceptors (Lipinski definition) is 4. The average Bonchev–Trinajstić information content (AvgIpc) is 2.52. The molecule has 2 aromatic rings. The zero-order valence-electron chi connectivity index (χ0n) is 14.1. The van der Waals surface area contributed by atoms with Crippen LogP contribution in [-0.2, 0) is 20.7 Å². The lowest BCUT2D eigenvalue weighted by molar-refractivity contribution is -0.146. The predicted molar refractivity (Wildman–Crippen MR) is 92.2 cm³/mol. The van der Waals surface area contributed by atoms with Gasteiger partial charge in [0, 0.05) is 5.69 Å². The summed E-state index contributed by atoms with van der Waals surface area (Å²) in [5.74, 6) is -0.148. The molecule has 5 heteroatoms. The second-order valence-electron chi connectivity index (χ2n) is 5.61. The molecule has 0 radical (unpaired) electrons. The Kier molecular flexibility index (Phi) is 5.95. The molecule has 0 atom stereocenters. The molecule has 0 aromatic heterocycles. The number of anilines is 1. The summed E-state index contributed by atoms with van der Waals surface area (Å²) in [7, 11) is 1.56. The third-order valence-corrected chi connectivity index (χ3v) is 3.35. The summed E-state index contributed by atoms with van der Waals surface area (Å²) in [5, 5.41) is 2.72. The number of rotatable bonds is 6. The molecule has 2 rings (SSSR count). The monoisotopic (exact) mass is 327 g/mol. The minimum absolute atomic E-state index is 0.0913. The van der Waals surface area contributed by atoms with Crippen LogP contribution in [0.25, 0.3) is 0 Å². The van der Waals surface area contributed by atoms with E-state index in [1.165, 1.54) is 0 Å². The van der Waals surface area contributed by atoms with Gasteiger partial charge in [-0.3, -0.25) is 9.59 Å². The van der Waals surface area contributed by atoms with E-state index >= 15 is 0 Å². The normalized spacial score (nSPS) is 10.1. The molecule has 0 heterocycles. The second kappa shape index (κ2) is 8.15. The number of amides is 1. The van der Waals surface area contributed by atoms with Gasteiger partial charge < -0.3 is 14.8 Å². The number of carbonyl (C=O) groups is 2. The van der Waals surface area contributed by atoms with Crippen molar-refractivity contribution in [2.45, 2.75) is 20.3 Å². The predicted octanol–water partition coefficient (Wildman–Crippen LogP) is 3.04. The van der Waals surface area contributed by atoms with Gasteiger partial charge in [0.05, 0.1) is 13.5 Å². The zero-order chi connectivity index (χ0) is 17.5. The van der Waals surface area contributed by atoms with E-state index in [0.29, 0.717) is 11.4 Å². The maximum Gasteiger partial charge on any atom is 0.310 e. The minimum atomic E-state index is -0.459. The Balaban J connectivity index is 1.83. The summed E-state index contributed by atoms with van der Waals surface area (Å²) in [6.45, 7) is 3.60. The standard InChI is InChI=1S/C19H21NO4/c1-13-7-14(2)9-16(8-13)20-18(21)12-24-19(22)11-15-5-4-6-17(10-15)23-3/h4-10H,11-12H2,1-3H3,(H,20,21). The van der Waals surface area contributed by atoms with Gasteiger partial charge in [0.15, 0.2) is 6.61 Å². The molecule has 5 nitrogen and oxygen atoms in total. The number of nitrogens with one attached hydrogen (secondary N) is 1. The van der Waals surface area contributed by atoms with Gasteiger partial charge >= 0.3 is 5.97 Å². The van der Waals surface area contributed by atoms with E-state index in [0.717, 1.165) is 16.7 Å². The van der Waals surface area contributed by atoms with Crippen LogP contribution in [0, 0.1) is 13.8 Å². The topological polar surface area (TPSA) is 64.6 Å². The molecule has 0 aliphatic carbocycles. The number of esters is 1. The van der Waals surface area contributed by atoms with Crippen molar-refractivity contribution < 1.29 is 19.1 Å². The summed E-state index contributed by atoms with van der Waals surface area (Å²) in [4.78, 5) is 23.7. The molecule has 0 saturated heterocycles. The smallest absolute Gasteiger partial charge is 0.310 e. The largest absolute Gasteiger partial charge is 0.497 e. The average molecular weight is 327 g/mol. The molecule has 0 aliphatic rings. The number of carbonyl (C=O) groups excluding carboxylic acids is 2. The first kappa shape index (κ1) is 17.5. The van der Waals surface area contributed by atoms with Crippen molar-refractivity contribution in [1.82, 2.24) is 0 Å². The Hall–Kier alpha value is -2.82. The molecule has 0 bridgehead atoms. The molecule has 126 valence electrons. The fourth-order valence-electron chi connectivity index (χ4n) is 2.39. The van der Waals surface area contributed by atoms with Crippen LogP contribution in [0.4, 0.5) is 5.69 Å². The summed E-state index contributed by atoms with van der Waals surface area (Å²) in [6.07, 6.45) is 0.0913. The Morgan fingerprint density at radius 3 is 2.42 bits per heavy atom. The molecule has 1 N–H and O–H groups in total. The van der Waals surface area contributed by atoms with Gasteiger partial charge in [0.2, 0.25) is 0 Å². The quantitative estimate of drug-likeness (QED) is 0.828. The first-order valence-electron chi connectivity index (χ1n) is 7.63. The molecule has 1 amide bonds. The molecule has 0 spiro atoms. The van der Waals surface area contributed by atoms with E-state index in [1.807, 2.05) is 32.0 Å². The van der Waals surface area contributed by atoms with E-state index in [2.05, 4.69) is 5.32 Å². The lowest BCUT2D eigenvalue weighted by Crippen LogP contribution is -2.21. The molecule has 0 aliphatic heterocycles. The maximum atomic E-state index is 11.9. The minimum Gasteiger partial charge on any atom is -0.497 e. The Morgan fingerprint density at radius 1 is 1.04 bits per heavy atom. The van der Waals surface area contributed by atoms with Crippen LogP contribution in [0.5, 0.6) is 5.75 Å². The van der Waals surface area contributed by atoms with Crippen molar-refractivity contribution in [3.63, 3.8) is 0 Å². The van der Waals surface area contributed by atoms with E-state index in [1.54, 1.807) is 31.4 Å². The van der Waals surface area contributed by atoms with Crippen molar-refractivity contribution in [2.75, 3.05) is 19.0 Å². The molecule has 0 unspecified atom stereocenters. The van der Waals surface area contributed by atoms with Crippen LogP contribution in [0.3, 0.4) is 0 Å². The van der Waals surface area contributed by atoms with Crippen LogP contribution in [-0.4, -0.2) is 25.6 Å². The van der Waals surface area contributed by atoms with Gasteiger partial charge in [0.25, 0.3) is 5.91 Å². The van der Waals surface area contributed by atoms with Gasteiger partial charge in [-0.15, -0.1) is 0 Å². The van der Waals surface area contributed by atoms with Crippen molar-refractivity contribution in [3.05, 3.63) is 59.2 Å². The van der Waals surface area contributed by atoms with E-state index in [4.69, 9.17) is 9.47 Å². The molecular formula is C19H21NO4. The Bertz CT molecular complexity index is 720. The van der Waals surface area contributed by atoms with Crippen LogP contribution in [0.15, 0.2) is 42.5 Å². The summed E-state index contributed by atoms with van der Waals surface area (Å²) in [6, 6.07) is 12.9. The highest BCUT2D eigenvalue weighted by Gasteiger charge is 2.10. The Labute approximate surface area is 141 Å². The maximum absolute atomic E-state index is 11.9. The zero-order valence-corrected chi connectivity index (χ0v) is 14.1. The highest BCUT2D eigenvalue weighted by atomic mass is 16.5. The lowest BCUT2D eigenvalue weighted by Gasteiger charge is -2.09. The molecular weight excluding hydrogens is 306 g/mol. The van der Waals surface area contributed by atoms with Gasteiger partial charge in [0.1, 0.15) is 5.75 Å². The summed E-state index contributed by atoms with van der Waals surface area (Å²) < 4.78 is 10.1. The van der Waals surface area contributed by atoms with Crippen molar-refractivity contribution >= 4 is 17.6 Å². The van der Waals surface area contributed by atoms with Gasteiger partial charge in [-0.05, 0) is 54.8 Å². The Morgan fingerprint density at radius 2 is 1.75 bits per heavy atom. The molecule has 0 saturated carbocycles. The van der Waals surface area contributed by atoms with Crippen LogP contribution in [0.2, 0.25) is 0 Å². The first-order chi connectivity index (χ1) is 11.5. The third kappa shape index (κ3) is 5.43. The number of methoxy groups -OCH3 is 1. The highest BCUT2D eigenvalue weighted by Crippen LogP contribution is 2.14. The number of ether oxygens (including phenoxy) is 2. The van der Waals surface area contributed by atoms with Gasteiger partial charge in [-0.1, -0.05) is 18.2 Å². The molecule has 2 aromatic carbocycles. The summed E-state index contributed by atoms with van der Waals surface area (Å²) >= 11 is 0. The van der Waals surface area contributed by atoms with Gasteiger partial charge in [-0.25, -0.2) is 0 Å². The number of aryl methyl sites for hydroxylation is 2. The van der Waals surface area contributed by atoms with Crippen molar-refractivity contribution in [3.8, 4) is 5.75 Å². The van der Waals surface area contributed by atoms with E-state index < -0.39 is 5.97 Å². The van der Waals surface area contributed by atoms with Crippen LogP contribution in [0.1, 0.15) is 16.7 Å². The van der Waals surface area contributed by atoms with Crippen LogP contribution < -0.4 is 10.1 Å². The first-order valence-corrected chi connectivity index (χ1v) is 7.63. The molecule has 24 heavy (non-hydrogen) atoms. The fraction of sp³-hybridized carbons (Fsp3) is 0.263. The number of hydrogen-bond donors (Lipinski definition) is 1.